The number of nitrogens with zero attached hydrogens (tertiary/aromatic N) is 5. The number of hydrogen-bond donors (Lipinski definition) is 2. The Bertz CT molecular complexity index is 1640. The van der Waals surface area contributed by atoms with Crippen molar-refractivity contribution in [1.29, 1.82) is 0 Å². The number of benzene rings is 2. The van der Waals surface area contributed by atoms with Crippen LogP contribution in [0.2, 0.25) is 0 Å². The Hall–Kier alpha value is -4.25. The van der Waals surface area contributed by atoms with Gasteiger partial charge in [0.15, 0.2) is 5.52 Å². The second-order valence-electron chi connectivity index (χ2n) is 8.59. The van der Waals surface area contributed by atoms with Gasteiger partial charge >= 0.3 is 6.18 Å². The van der Waals surface area contributed by atoms with E-state index in [1.165, 1.54) is 10.7 Å². The van der Waals surface area contributed by atoms with E-state index in [0.717, 1.165) is 17.2 Å². The topological polar surface area (TPSA) is 91.7 Å². The van der Waals surface area contributed by atoms with Crippen LogP contribution in [0, 0.1) is 0 Å². The monoisotopic (exact) mass is 491 g/mol. The number of aromatic amines is 1. The fourth-order valence-electron chi connectivity index (χ4n) is 4.67. The number of piperazine rings is 1. The highest BCUT2D eigenvalue weighted by Crippen LogP contribution is 2.38. The predicted molar refractivity (Wildman–Crippen MR) is 130 cm³/mol. The highest BCUT2D eigenvalue weighted by atomic mass is 19.4. The lowest BCUT2D eigenvalue weighted by Crippen LogP contribution is -2.44. The van der Waals surface area contributed by atoms with Crippen LogP contribution in [0.3, 0.4) is 0 Å². The standard InChI is InChI=1S/C25H20F3N7O/c26-25(27,28)19-13-17(4-6-21(19)34-10-8-29-9-11-34)35-23-18-12-15(16-2-1-7-30-14-16)3-5-20(18)31-24(36)22(23)32-33-35/h1-7,12-14,29H,8-11H2,(H,31,36). The molecule has 0 radical (unpaired) electrons. The van der Waals surface area contributed by atoms with Gasteiger partial charge in [0.25, 0.3) is 5.56 Å². The number of hydrogen-bond acceptors (Lipinski definition) is 6. The van der Waals surface area contributed by atoms with Crippen molar-refractivity contribution in [3.63, 3.8) is 0 Å². The molecule has 11 heteroatoms. The second kappa shape index (κ2) is 8.45. The molecule has 0 atom stereocenters. The number of nitrogens with one attached hydrogen (secondary N) is 2. The van der Waals surface area contributed by atoms with Gasteiger partial charge in [0, 0.05) is 55.2 Å². The van der Waals surface area contributed by atoms with Crippen molar-refractivity contribution in [2.24, 2.45) is 0 Å². The maximum Gasteiger partial charge on any atom is 0.418 e. The van der Waals surface area contributed by atoms with Gasteiger partial charge in [-0.05, 0) is 42.0 Å². The molecule has 0 unspecified atom stereocenters. The molecule has 0 spiro atoms. The predicted octanol–water partition coefficient (Wildman–Crippen LogP) is 3.75. The van der Waals surface area contributed by atoms with Gasteiger partial charge in [0.1, 0.15) is 5.52 Å². The van der Waals surface area contributed by atoms with Crippen LogP contribution in [0.15, 0.2) is 65.7 Å². The van der Waals surface area contributed by atoms with Gasteiger partial charge in [0.2, 0.25) is 0 Å². The molecule has 3 aromatic heterocycles. The summed E-state index contributed by atoms with van der Waals surface area (Å²) in [4.78, 5) is 21.4. The van der Waals surface area contributed by atoms with Crippen LogP contribution in [-0.4, -0.2) is 51.1 Å². The minimum absolute atomic E-state index is 0.0468. The molecule has 1 aliphatic heterocycles. The number of fused-ring (bicyclic) bond motifs is 3. The third-order valence-electron chi connectivity index (χ3n) is 6.39. The minimum Gasteiger partial charge on any atom is -0.368 e. The molecule has 0 bridgehead atoms. The molecular formula is C25H20F3N7O. The molecule has 0 amide bonds. The molecule has 0 aliphatic carbocycles. The lowest BCUT2D eigenvalue weighted by molar-refractivity contribution is -0.137. The van der Waals surface area contributed by atoms with Crippen LogP contribution in [0.1, 0.15) is 5.56 Å². The Kier molecular flexibility index (Phi) is 5.22. The highest BCUT2D eigenvalue weighted by Gasteiger charge is 2.36. The highest BCUT2D eigenvalue weighted by molar-refractivity contribution is 6.04. The molecule has 2 N–H and O–H groups in total. The Morgan fingerprint density at radius 3 is 2.56 bits per heavy atom. The summed E-state index contributed by atoms with van der Waals surface area (Å²) in [6, 6.07) is 13.3. The van der Waals surface area contributed by atoms with Crippen molar-refractivity contribution in [1.82, 2.24) is 30.3 Å². The number of rotatable bonds is 3. The first-order valence-electron chi connectivity index (χ1n) is 11.4. The van der Waals surface area contributed by atoms with E-state index in [1.807, 2.05) is 24.3 Å². The van der Waals surface area contributed by atoms with Gasteiger partial charge in [-0.2, -0.15) is 13.2 Å². The average Bonchev–Trinajstić information content (AvgIpc) is 3.35. The van der Waals surface area contributed by atoms with Crippen LogP contribution >= 0.6 is 0 Å². The largest absolute Gasteiger partial charge is 0.418 e. The van der Waals surface area contributed by atoms with Crippen LogP contribution < -0.4 is 15.8 Å². The Labute approximate surface area is 202 Å². The molecule has 8 nitrogen and oxygen atoms in total. The zero-order valence-electron chi connectivity index (χ0n) is 18.9. The zero-order chi connectivity index (χ0) is 24.9. The van der Waals surface area contributed by atoms with Crippen molar-refractivity contribution in [2.45, 2.75) is 6.18 Å². The molecular weight excluding hydrogens is 471 g/mol. The van der Waals surface area contributed by atoms with E-state index in [1.54, 1.807) is 29.4 Å². The quantitative estimate of drug-likeness (QED) is 0.400. The third kappa shape index (κ3) is 3.77. The summed E-state index contributed by atoms with van der Waals surface area (Å²) in [5, 5.41) is 11.9. The Balaban J connectivity index is 1.57. The van der Waals surface area contributed by atoms with Gasteiger partial charge in [0.05, 0.1) is 16.8 Å². The van der Waals surface area contributed by atoms with E-state index in [4.69, 9.17) is 0 Å². The molecule has 182 valence electrons. The summed E-state index contributed by atoms with van der Waals surface area (Å²) < 4.78 is 43.7. The molecule has 4 heterocycles. The minimum atomic E-state index is -4.57. The number of alkyl halides is 3. The van der Waals surface area contributed by atoms with Crippen molar-refractivity contribution in [3.05, 3.63) is 76.8 Å². The van der Waals surface area contributed by atoms with Gasteiger partial charge in [-0.1, -0.05) is 17.3 Å². The fourth-order valence-corrected chi connectivity index (χ4v) is 4.67. The molecule has 1 saturated heterocycles. The molecule has 0 saturated carbocycles. The summed E-state index contributed by atoms with van der Waals surface area (Å²) in [5.74, 6) is 0. The van der Waals surface area contributed by atoms with Crippen LogP contribution in [0.25, 0.3) is 38.8 Å². The summed E-state index contributed by atoms with van der Waals surface area (Å²) >= 11 is 0. The molecule has 2 aromatic carbocycles. The van der Waals surface area contributed by atoms with Crippen LogP contribution in [0.5, 0.6) is 0 Å². The normalized spacial score (nSPS) is 14.6. The molecule has 6 rings (SSSR count). The van der Waals surface area contributed by atoms with Crippen molar-refractivity contribution >= 4 is 27.6 Å². The number of aromatic nitrogens is 5. The van der Waals surface area contributed by atoms with E-state index in [-0.39, 0.29) is 16.9 Å². The fraction of sp³-hybridized carbons (Fsp3) is 0.200. The maximum atomic E-state index is 14.1. The molecule has 5 aromatic rings. The van der Waals surface area contributed by atoms with Crippen molar-refractivity contribution in [2.75, 3.05) is 31.1 Å². The molecule has 1 aliphatic rings. The first-order valence-corrected chi connectivity index (χ1v) is 11.4. The first-order chi connectivity index (χ1) is 17.4. The van der Waals surface area contributed by atoms with Crippen LogP contribution in [0.4, 0.5) is 18.9 Å². The van der Waals surface area contributed by atoms with E-state index < -0.39 is 17.3 Å². The molecule has 1 fully saturated rings. The number of pyridine rings is 2. The molecule has 36 heavy (non-hydrogen) atoms. The summed E-state index contributed by atoms with van der Waals surface area (Å²) in [5.41, 5.74) is 1.67. The van der Waals surface area contributed by atoms with Gasteiger partial charge in [-0.3, -0.25) is 9.78 Å². The first kappa shape index (κ1) is 22.2. The number of halogens is 3. The van der Waals surface area contributed by atoms with Gasteiger partial charge in [-0.25, -0.2) is 4.68 Å². The average molecular weight is 491 g/mol. The maximum absolute atomic E-state index is 14.1. The van der Waals surface area contributed by atoms with Crippen molar-refractivity contribution < 1.29 is 13.2 Å². The van der Waals surface area contributed by atoms with Gasteiger partial charge < -0.3 is 15.2 Å². The zero-order valence-corrected chi connectivity index (χ0v) is 18.9. The van der Waals surface area contributed by atoms with E-state index in [9.17, 15) is 18.0 Å². The summed E-state index contributed by atoms with van der Waals surface area (Å²) in [6.07, 6.45) is -1.19. The lowest BCUT2D eigenvalue weighted by Gasteiger charge is -2.31. The van der Waals surface area contributed by atoms with E-state index in [0.29, 0.717) is 42.6 Å². The number of anilines is 1. The number of H-pyrrole nitrogens is 1. The van der Waals surface area contributed by atoms with Crippen molar-refractivity contribution in [3.8, 4) is 16.8 Å². The smallest absolute Gasteiger partial charge is 0.368 e. The third-order valence-corrected chi connectivity index (χ3v) is 6.39. The van der Waals surface area contributed by atoms with E-state index in [2.05, 4.69) is 25.6 Å². The lowest BCUT2D eigenvalue weighted by atomic mass is 10.0. The second-order valence-corrected chi connectivity index (χ2v) is 8.59. The van der Waals surface area contributed by atoms with Gasteiger partial charge in [-0.15, -0.1) is 5.10 Å². The van der Waals surface area contributed by atoms with E-state index >= 15 is 0 Å². The van der Waals surface area contributed by atoms with Crippen LogP contribution in [-0.2, 0) is 6.18 Å². The summed E-state index contributed by atoms with van der Waals surface area (Å²) in [7, 11) is 0. The Morgan fingerprint density at radius 1 is 0.972 bits per heavy atom. The SMILES string of the molecule is O=c1[nH]c2ccc(-c3cccnc3)cc2c2c1nnn2-c1ccc(N2CCNCC2)c(C(F)(F)F)c1. The Morgan fingerprint density at radius 2 is 1.81 bits per heavy atom. The summed E-state index contributed by atoms with van der Waals surface area (Å²) in [6.45, 7) is 2.18.